The Bertz CT molecular complexity index is 329. The second-order valence-electron chi connectivity index (χ2n) is 3.20. The fourth-order valence-corrected chi connectivity index (χ4v) is 1.02. The molecule has 0 saturated carbocycles. The van der Waals surface area contributed by atoms with Gasteiger partial charge in [0.2, 0.25) is 5.28 Å². The molecule has 0 saturated heterocycles. The van der Waals surface area contributed by atoms with Crippen LogP contribution in [0, 0.1) is 5.21 Å². The van der Waals surface area contributed by atoms with E-state index in [4.69, 9.17) is 9.94 Å². The molecule has 1 aromatic rings. The number of hydrazine groups is 1. The van der Waals surface area contributed by atoms with Crippen LogP contribution in [0.3, 0.4) is 0 Å². The van der Waals surface area contributed by atoms with E-state index in [0.29, 0.717) is 4.97 Å². The SMILES string of the molecule is CN(CCO)/[N+]([O-])=N/OCc1ccccc1. The zero-order chi connectivity index (χ0) is 11.8. The third-order valence-electron chi connectivity index (χ3n) is 1.92. The Hall–Kier alpha value is -1.82. The van der Waals surface area contributed by atoms with Crippen LogP contribution < -0.4 is 0 Å². The maximum Gasteiger partial charge on any atom is 0.233 e. The van der Waals surface area contributed by atoms with Crippen molar-refractivity contribution in [3.63, 3.8) is 0 Å². The number of aliphatic hydroxyl groups excluding tert-OH is 1. The second-order valence-corrected chi connectivity index (χ2v) is 3.20. The highest BCUT2D eigenvalue weighted by molar-refractivity contribution is 5.13. The topological polar surface area (TPSA) is 71.1 Å². The molecule has 1 rings (SSSR count). The van der Waals surface area contributed by atoms with Gasteiger partial charge in [0, 0.05) is 0 Å². The number of rotatable bonds is 6. The molecule has 0 spiro atoms. The molecular weight excluding hydrogens is 210 g/mol. The molecule has 0 aliphatic carbocycles. The Morgan fingerprint density at radius 1 is 1.44 bits per heavy atom. The summed E-state index contributed by atoms with van der Waals surface area (Å²) >= 11 is 0. The molecule has 0 atom stereocenters. The molecular formula is C10H15N3O3. The molecule has 16 heavy (non-hydrogen) atoms. The summed E-state index contributed by atoms with van der Waals surface area (Å²) in [5.74, 6) is 0. The molecule has 88 valence electrons. The van der Waals surface area contributed by atoms with Crippen molar-refractivity contribution in [1.29, 1.82) is 0 Å². The zero-order valence-electron chi connectivity index (χ0n) is 9.11. The standard InChI is InChI=1S/C10H15N3O3/c1-12(7-8-14)13(15)11-16-9-10-5-3-2-4-6-10/h2-6,14H,7-9H2,1H3/b13-11-. The van der Waals surface area contributed by atoms with E-state index in [9.17, 15) is 5.21 Å². The second kappa shape index (κ2) is 6.62. The summed E-state index contributed by atoms with van der Waals surface area (Å²) in [6, 6.07) is 9.41. The van der Waals surface area contributed by atoms with E-state index >= 15 is 0 Å². The van der Waals surface area contributed by atoms with Crippen LogP contribution in [0.4, 0.5) is 0 Å². The van der Waals surface area contributed by atoms with E-state index in [-0.39, 0.29) is 19.8 Å². The van der Waals surface area contributed by atoms with E-state index in [1.165, 1.54) is 12.1 Å². The zero-order valence-corrected chi connectivity index (χ0v) is 9.11. The Morgan fingerprint density at radius 2 is 2.12 bits per heavy atom. The average molecular weight is 225 g/mol. The lowest BCUT2D eigenvalue weighted by Crippen LogP contribution is -2.29. The smallest absolute Gasteiger partial charge is 0.233 e. The first-order valence-corrected chi connectivity index (χ1v) is 4.90. The van der Waals surface area contributed by atoms with Crippen molar-refractivity contribution in [2.24, 2.45) is 5.28 Å². The number of hydrogen-bond donors (Lipinski definition) is 1. The predicted molar refractivity (Wildman–Crippen MR) is 57.0 cm³/mol. The van der Waals surface area contributed by atoms with Gasteiger partial charge in [-0.3, -0.25) is 0 Å². The lowest BCUT2D eigenvalue weighted by Gasteiger charge is -2.10. The van der Waals surface area contributed by atoms with Gasteiger partial charge in [-0.1, -0.05) is 30.3 Å². The Kier molecular flexibility index (Phi) is 5.07. The fraction of sp³-hybridized carbons (Fsp3) is 0.400. The predicted octanol–water partition coefficient (Wildman–Crippen LogP) is 0.920. The molecule has 0 amide bonds. The molecule has 0 aliphatic rings. The van der Waals surface area contributed by atoms with Crippen LogP contribution in [0.15, 0.2) is 35.6 Å². The van der Waals surface area contributed by atoms with Crippen LogP contribution in [0.5, 0.6) is 0 Å². The molecule has 0 aromatic heterocycles. The molecule has 1 aromatic carbocycles. The number of nitrogens with zero attached hydrogens (tertiary/aromatic N) is 3. The first kappa shape index (κ1) is 12.3. The van der Waals surface area contributed by atoms with Gasteiger partial charge in [0.25, 0.3) is 0 Å². The first-order chi connectivity index (χ1) is 7.74. The van der Waals surface area contributed by atoms with Gasteiger partial charge in [0.1, 0.15) is 6.61 Å². The van der Waals surface area contributed by atoms with Gasteiger partial charge in [0.15, 0.2) is 0 Å². The molecule has 1 N–H and O–H groups in total. The maximum absolute atomic E-state index is 11.2. The van der Waals surface area contributed by atoms with E-state index < -0.39 is 0 Å². The number of aliphatic hydroxyl groups is 1. The minimum atomic E-state index is -0.108. The average Bonchev–Trinajstić information content (AvgIpc) is 2.30. The number of benzene rings is 1. The third kappa shape index (κ3) is 4.14. The van der Waals surface area contributed by atoms with Crippen molar-refractivity contribution in [3.05, 3.63) is 41.1 Å². The largest absolute Gasteiger partial charge is 0.569 e. The van der Waals surface area contributed by atoms with Crippen LogP contribution in [0.1, 0.15) is 5.56 Å². The van der Waals surface area contributed by atoms with Crippen LogP contribution >= 0.6 is 0 Å². The Morgan fingerprint density at radius 3 is 2.75 bits per heavy atom. The van der Waals surface area contributed by atoms with Crippen molar-refractivity contribution in [1.82, 2.24) is 5.01 Å². The van der Waals surface area contributed by atoms with E-state index in [1.54, 1.807) is 0 Å². The van der Waals surface area contributed by atoms with Gasteiger partial charge in [-0.15, -0.1) is 5.01 Å². The van der Waals surface area contributed by atoms with Gasteiger partial charge >= 0.3 is 0 Å². The van der Waals surface area contributed by atoms with E-state index in [0.717, 1.165) is 5.56 Å². The molecule has 6 nitrogen and oxygen atoms in total. The quantitative estimate of drug-likeness (QED) is 0.444. The normalized spacial score (nSPS) is 11.2. The van der Waals surface area contributed by atoms with Crippen LogP contribution in [-0.2, 0) is 11.4 Å². The van der Waals surface area contributed by atoms with Crippen molar-refractivity contribution in [2.75, 3.05) is 20.2 Å². The summed E-state index contributed by atoms with van der Waals surface area (Å²) < 4.78 is 0. The first-order valence-electron chi connectivity index (χ1n) is 4.90. The van der Waals surface area contributed by atoms with Gasteiger partial charge in [-0.05, 0) is 5.56 Å². The van der Waals surface area contributed by atoms with Crippen molar-refractivity contribution in [2.45, 2.75) is 6.61 Å². The summed E-state index contributed by atoms with van der Waals surface area (Å²) in [5, 5.41) is 24.3. The molecule has 0 fully saturated rings. The number of likely N-dealkylation sites (N-methyl/N-ethyl adjacent to an activating group) is 1. The monoisotopic (exact) mass is 225 g/mol. The summed E-state index contributed by atoms with van der Waals surface area (Å²) in [6.07, 6.45) is 0. The van der Waals surface area contributed by atoms with E-state index in [1.807, 2.05) is 30.3 Å². The lowest BCUT2D eigenvalue weighted by atomic mass is 10.2. The van der Waals surface area contributed by atoms with Crippen LogP contribution in [-0.4, -0.2) is 35.3 Å². The van der Waals surface area contributed by atoms with Crippen LogP contribution in [0.25, 0.3) is 0 Å². The highest BCUT2D eigenvalue weighted by atomic mass is 16.7. The summed E-state index contributed by atoms with van der Waals surface area (Å²) in [7, 11) is 1.51. The third-order valence-corrected chi connectivity index (χ3v) is 1.92. The minimum absolute atomic E-state index is 0.108. The van der Waals surface area contributed by atoms with E-state index in [2.05, 4.69) is 5.28 Å². The van der Waals surface area contributed by atoms with Crippen molar-refractivity contribution in [3.8, 4) is 0 Å². The Labute approximate surface area is 93.9 Å². The minimum Gasteiger partial charge on any atom is -0.569 e. The molecule has 0 aliphatic heterocycles. The highest BCUT2D eigenvalue weighted by Gasteiger charge is 2.04. The van der Waals surface area contributed by atoms with Gasteiger partial charge in [-0.2, -0.15) is 0 Å². The molecule has 0 bridgehead atoms. The van der Waals surface area contributed by atoms with Crippen molar-refractivity contribution >= 4 is 0 Å². The lowest BCUT2D eigenvalue weighted by molar-refractivity contribution is -0.706. The summed E-state index contributed by atoms with van der Waals surface area (Å²) in [4.78, 5) is 5.17. The summed E-state index contributed by atoms with van der Waals surface area (Å²) in [5.41, 5.74) is 0.935. The van der Waals surface area contributed by atoms with Gasteiger partial charge in [0.05, 0.1) is 25.2 Å². The molecule has 6 heteroatoms. The molecule has 0 radical (unpaired) electrons. The fourth-order valence-electron chi connectivity index (χ4n) is 1.02. The molecule has 0 heterocycles. The van der Waals surface area contributed by atoms with Gasteiger partial charge in [-0.25, -0.2) is 0 Å². The highest BCUT2D eigenvalue weighted by Crippen LogP contribution is 2.00. The Balaban J connectivity index is 2.36. The van der Waals surface area contributed by atoms with Gasteiger partial charge < -0.3 is 15.2 Å². The van der Waals surface area contributed by atoms with Crippen molar-refractivity contribution < 1.29 is 14.9 Å². The summed E-state index contributed by atoms with van der Waals surface area (Å²) in [6.45, 7) is 0.345. The molecule has 0 unspecified atom stereocenters. The number of hydrogen-bond acceptors (Lipinski definition) is 4. The van der Waals surface area contributed by atoms with Crippen LogP contribution in [0.2, 0.25) is 0 Å². The maximum atomic E-state index is 11.2.